The minimum absolute atomic E-state index is 0.102. The average molecular weight is 744 g/mol. The summed E-state index contributed by atoms with van der Waals surface area (Å²) in [6.45, 7) is 7.89. The van der Waals surface area contributed by atoms with E-state index in [0.717, 1.165) is 57.4 Å². The van der Waals surface area contributed by atoms with Crippen molar-refractivity contribution < 1.29 is 22.7 Å². The molecule has 3 aliphatic rings. The van der Waals surface area contributed by atoms with Gasteiger partial charge in [-0.3, -0.25) is 9.59 Å². The lowest BCUT2D eigenvalue weighted by Gasteiger charge is -2.26. The minimum Gasteiger partial charge on any atom is -0.379 e. The van der Waals surface area contributed by atoms with Gasteiger partial charge in [0.2, 0.25) is 33.7 Å². The van der Waals surface area contributed by atoms with Crippen molar-refractivity contribution in [3.05, 3.63) is 41.0 Å². The molecule has 3 saturated heterocycles. The third kappa shape index (κ3) is 10.6. The monoisotopic (exact) mass is 743 g/mol. The lowest BCUT2D eigenvalue weighted by Crippen LogP contribution is -2.40. The molecular weight excluding hydrogens is 698 g/mol. The molecule has 0 saturated carbocycles. The number of benzene rings is 1. The predicted octanol–water partition coefficient (Wildman–Crippen LogP) is 2.62. The highest BCUT2D eigenvalue weighted by atomic mass is 35.5. The quantitative estimate of drug-likeness (QED) is 0.147. The van der Waals surface area contributed by atoms with Gasteiger partial charge in [-0.1, -0.05) is 17.7 Å². The molecule has 0 atom stereocenters. The molecule has 3 aromatic rings. The number of nitrogens with two attached hydrogens (primary N) is 2. The summed E-state index contributed by atoms with van der Waals surface area (Å²) < 4.78 is 32.9. The molecule has 6 N–H and O–H groups in total. The summed E-state index contributed by atoms with van der Waals surface area (Å²) in [5, 5.41) is 6.67. The number of aromatic nitrogens is 4. The van der Waals surface area contributed by atoms with Gasteiger partial charge in [0.15, 0.2) is 0 Å². The van der Waals surface area contributed by atoms with Gasteiger partial charge in [0.25, 0.3) is 0 Å². The number of amides is 2. The van der Waals surface area contributed by atoms with Crippen molar-refractivity contribution in [1.29, 1.82) is 0 Å². The van der Waals surface area contributed by atoms with Crippen molar-refractivity contribution in [2.75, 3.05) is 87.7 Å². The van der Waals surface area contributed by atoms with Crippen LogP contribution in [0, 0.1) is 6.92 Å². The fourth-order valence-electron chi connectivity index (χ4n) is 6.05. The fraction of sp³-hybridized carbons (Fsp3) is 0.515. The molecule has 0 aliphatic carbocycles. The number of anilines is 4. The Kier molecular flexibility index (Phi) is 13.2. The highest BCUT2D eigenvalue weighted by Gasteiger charge is 2.27. The van der Waals surface area contributed by atoms with E-state index in [0.29, 0.717) is 80.3 Å². The highest BCUT2D eigenvalue weighted by molar-refractivity contribution is 7.89. The summed E-state index contributed by atoms with van der Waals surface area (Å²) in [7, 11) is -3.63. The Morgan fingerprint density at radius 3 is 1.92 bits per heavy atom. The highest BCUT2D eigenvalue weighted by Crippen LogP contribution is 2.29. The van der Waals surface area contributed by atoms with Crippen LogP contribution in [0.5, 0.6) is 0 Å². The number of carbonyl (C=O) groups excluding carboxylic acids is 2. The number of nitrogen functional groups attached to an aromatic ring is 2. The van der Waals surface area contributed by atoms with Gasteiger partial charge >= 0.3 is 0 Å². The maximum atomic E-state index is 13.1. The third-order valence-corrected chi connectivity index (χ3v) is 10.8. The van der Waals surface area contributed by atoms with Crippen molar-refractivity contribution in [1.82, 2.24) is 34.0 Å². The average Bonchev–Trinajstić information content (AvgIpc) is 3.71. The summed E-state index contributed by atoms with van der Waals surface area (Å²) in [4.78, 5) is 43.5. The molecule has 0 radical (unpaired) electrons. The fourth-order valence-corrected chi connectivity index (χ4v) is 7.67. The second-order valence-electron chi connectivity index (χ2n) is 12.5. The molecule has 2 amide bonds. The summed E-state index contributed by atoms with van der Waals surface area (Å²) in [6, 6.07) is 8.43. The number of carbonyl (C=O) groups is 2. The summed E-state index contributed by atoms with van der Waals surface area (Å²) >= 11 is 5.76. The van der Waals surface area contributed by atoms with E-state index in [2.05, 4.69) is 30.6 Å². The number of likely N-dealkylation sites (tertiary alicyclic amines) is 2. The zero-order chi connectivity index (χ0) is 36.4. The lowest BCUT2D eigenvalue weighted by molar-refractivity contribution is -0.128. The standard InChI is InChI=1S/C22H30N6O4S.C11H16ClN5O/c1-16-5-6-17(33(30,31)28-10-12-32-13-11-28)14-18(16)19-15-20(26-22(23)25-19)24-7-3-9-27-8-2-4-21(27)29;12-8-7-9(16-11(13)15-8)14-4-2-6-17-5-1-3-10(17)18/h5-6,14-15H,2-4,7-13H2,1H3,(H3,23,24,25,26);7H,1-6H2,(H3,13,14,15,16). The molecule has 16 nitrogen and oxygen atoms in total. The van der Waals surface area contributed by atoms with Crippen molar-refractivity contribution in [3.8, 4) is 11.3 Å². The first-order valence-corrected chi connectivity index (χ1v) is 19.0. The van der Waals surface area contributed by atoms with Crippen LogP contribution in [-0.4, -0.2) is 120 Å². The lowest BCUT2D eigenvalue weighted by atomic mass is 10.1. The number of aryl methyl sites for hydroxylation is 1. The molecule has 18 heteroatoms. The van der Waals surface area contributed by atoms with Gasteiger partial charge in [0.1, 0.15) is 16.8 Å². The molecule has 0 unspecified atom stereocenters. The number of morpholine rings is 1. The molecule has 6 rings (SSSR count). The first-order valence-electron chi connectivity index (χ1n) is 17.2. The van der Waals surface area contributed by atoms with E-state index in [9.17, 15) is 18.0 Å². The Labute approximate surface area is 303 Å². The van der Waals surface area contributed by atoms with Gasteiger partial charge in [0.05, 0.1) is 23.8 Å². The first kappa shape index (κ1) is 37.9. The topological polar surface area (TPSA) is 215 Å². The maximum Gasteiger partial charge on any atom is 0.243 e. The smallest absolute Gasteiger partial charge is 0.243 e. The van der Waals surface area contributed by atoms with E-state index < -0.39 is 10.0 Å². The van der Waals surface area contributed by atoms with Gasteiger partial charge < -0.3 is 36.6 Å². The molecule has 276 valence electrons. The Hall–Kier alpha value is -4.32. The predicted molar refractivity (Wildman–Crippen MR) is 195 cm³/mol. The second-order valence-corrected chi connectivity index (χ2v) is 14.8. The molecule has 3 fully saturated rings. The number of ether oxygens (including phenoxy) is 1. The maximum absolute atomic E-state index is 13.1. The van der Waals surface area contributed by atoms with Crippen LogP contribution in [0.1, 0.15) is 44.1 Å². The number of nitrogens with zero attached hydrogens (tertiary/aromatic N) is 7. The Morgan fingerprint density at radius 2 is 1.37 bits per heavy atom. The normalized spacial score (nSPS) is 16.7. The van der Waals surface area contributed by atoms with Gasteiger partial charge in [-0.25, -0.2) is 18.4 Å². The number of hydrogen-bond acceptors (Lipinski definition) is 13. The van der Waals surface area contributed by atoms with E-state index >= 15 is 0 Å². The largest absolute Gasteiger partial charge is 0.379 e. The Bertz CT molecular complexity index is 1770. The molecular formula is C33H46ClN11O5S. The summed E-state index contributed by atoms with van der Waals surface area (Å²) in [6.07, 6.45) is 4.89. The molecule has 0 spiro atoms. The van der Waals surface area contributed by atoms with E-state index in [-0.39, 0.29) is 28.6 Å². The van der Waals surface area contributed by atoms with Gasteiger partial charge in [-0.2, -0.15) is 14.3 Å². The van der Waals surface area contributed by atoms with E-state index in [1.54, 1.807) is 30.3 Å². The molecule has 2 aromatic heterocycles. The summed E-state index contributed by atoms with van der Waals surface area (Å²) in [5.41, 5.74) is 13.6. The van der Waals surface area contributed by atoms with Crippen molar-refractivity contribution in [3.63, 3.8) is 0 Å². The molecule has 5 heterocycles. The molecule has 1 aromatic carbocycles. The van der Waals surface area contributed by atoms with E-state index in [1.165, 1.54) is 4.31 Å². The number of sulfonamides is 1. The van der Waals surface area contributed by atoms with E-state index in [4.69, 9.17) is 27.8 Å². The number of rotatable bonds is 13. The number of hydrogen-bond donors (Lipinski definition) is 4. The van der Waals surface area contributed by atoms with Crippen molar-refractivity contribution in [2.24, 2.45) is 0 Å². The molecule has 51 heavy (non-hydrogen) atoms. The number of nitrogens with one attached hydrogen (secondary N) is 2. The summed E-state index contributed by atoms with van der Waals surface area (Å²) in [5.74, 6) is 1.90. The van der Waals surface area contributed by atoms with Gasteiger partial charge in [-0.05, 0) is 50.3 Å². The van der Waals surface area contributed by atoms with Crippen LogP contribution >= 0.6 is 11.6 Å². The van der Waals surface area contributed by atoms with Gasteiger partial charge in [0, 0.05) is 82.9 Å². The minimum atomic E-state index is -3.63. The molecule has 3 aliphatic heterocycles. The van der Waals surface area contributed by atoms with Crippen LogP contribution in [-0.2, 0) is 24.3 Å². The molecule has 0 bridgehead atoms. The second kappa shape index (κ2) is 17.7. The SMILES string of the molecule is Cc1ccc(S(=O)(=O)N2CCOCC2)cc1-c1cc(NCCCN2CCCC2=O)nc(N)n1.Nc1nc(Cl)cc(NCCCN2CCCC2=O)n1. The third-order valence-electron chi connectivity index (χ3n) is 8.71. The van der Waals surface area contributed by atoms with Crippen LogP contribution in [0.25, 0.3) is 11.3 Å². The van der Waals surface area contributed by atoms with Gasteiger partial charge in [-0.15, -0.1) is 0 Å². The van der Waals surface area contributed by atoms with Crippen LogP contribution in [0.4, 0.5) is 23.5 Å². The Morgan fingerprint density at radius 1 is 0.804 bits per heavy atom. The van der Waals surface area contributed by atoms with Crippen molar-refractivity contribution >= 4 is 57.0 Å². The Balaban J connectivity index is 0.000000236. The van der Waals surface area contributed by atoms with Crippen LogP contribution in [0.15, 0.2) is 35.2 Å². The zero-order valence-corrected chi connectivity index (χ0v) is 30.4. The van der Waals surface area contributed by atoms with Crippen LogP contribution < -0.4 is 22.1 Å². The van der Waals surface area contributed by atoms with E-state index in [1.807, 2.05) is 16.7 Å². The number of halogens is 1. The zero-order valence-electron chi connectivity index (χ0n) is 28.8. The van der Waals surface area contributed by atoms with Crippen molar-refractivity contribution in [2.45, 2.75) is 50.3 Å². The first-order chi connectivity index (χ1) is 24.5. The van der Waals surface area contributed by atoms with Crippen LogP contribution in [0.2, 0.25) is 5.15 Å². The van der Waals surface area contributed by atoms with Crippen LogP contribution in [0.3, 0.4) is 0 Å².